The Morgan fingerprint density at radius 3 is 2.03 bits per heavy atom. The molecule has 0 amide bonds. The van der Waals surface area contributed by atoms with Crippen molar-refractivity contribution < 1.29 is 4.74 Å². The Hall–Kier alpha value is -3.55. The van der Waals surface area contributed by atoms with Gasteiger partial charge >= 0.3 is 0 Å². The van der Waals surface area contributed by atoms with Gasteiger partial charge in [0.1, 0.15) is 11.5 Å². The molecule has 4 aromatic carbocycles. The lowest BCUT2D eigenvalue weighted by molar-refractivity contribution is 0.436. The smallest absolute Gasteiger partial charge is 0.132 e. The molecule has 164 valence electrons. The van der Waals surface area contributed by atoms with Crippen LogP contribution in [0.4, 0.5) is 0 Å². The molecule has 1 spiro atoms. The van der Waals surface area contributed by atoms with Crippen molar-refractivity contribution in [3.05, 3.63) is 137 Å². The van der Waals surface area contributed by atoms with Gasteiger partial charge < -0.3 is 4.74 Å². The maximum atomic E-state index is 6.68. The fourth-order valence-electron chi connectivity index (χ4n) is 6.11. The molecule has 0 N–H and O–H groups in total. The highest BCUT2D eigenvalue weighted by molar-refractivity contribution is 6.25. The molecule has 0 bridgehead atoms. The first-order chi connectivity index (χ1) is 16.6. The van der Waals surface area contributed by atoms with Gasteiger partial charge in [0.05, 0.1) is 10.3 Å². The second-order valence-corrected chi connectivity index (χ2v) is 10.5. The highest BCUT2D eigenvalue weighted by atomic mass is 35.5. The minimum Gasteiger partial charge on any atom is -0.457 e. The summed E-state index contributed by atoms with van der Waals surface area (Å²) in [6.45, 7) is 2.06. The predicted octanol–water partition coefficient (Wildman–Crippen LogP) is 8.50. The summed E-state index contributed by atoms with van der Waals surface area (Å²) in [5.74, 6) is 1.83. The second-order valence-electron chi connectivity index (χ2n) is 9.66. The minimum atomic E-state index is -0.405. The average molecular weight is 459 g/mol. The molecule has 0 aromatic heterocycles. The zero-order valence-electron chi connectivity index (χ0n) is 18.9. The van der Waals surface area contributed by atoms with Crippen molar-refractivity contribution in [1.29, 1.82) is 0 Å². The fraction of sp³-hybridized carbons (Fsp3) is 0.125. The third kappa shape index (κ3) is 2.62. The number of hydrogen-bond acceptors (Lipinski definition) is 1. The van der Waals surface area contributed by atoms with Gasteiger partial charge in [-0.05, 0) is 58.9 Å². The molecule has 1 aliphatic heterocycles. The summed E-state index contributed by atoms with van der Waals surface area (Å²) in [6.07, 6.45) is 7.08. The maximum Gasteiger partial charge on any atom is 0.132 e. The van der Waals surface area contributed by atoms with E-state index in [9.17, 15) is 0 Å². The highest BCUT2D eigenvalue weighted by Crippen LogP contribution is 2.62. The molecule has 1 nitrogen and oxygen atoms in total. The summed E-state index contributed by atoms with van der Waals surface area (Å²) in [5, 5.41) is 0. The van der Waals surface area contributed by atoms with E-state index in [1.54, 1.807) is 0 Å². The molecule has 0 saturated carbocycles. The number of alkyl halides is 1. The van der Waals surface area contributed by atoms with Crippen molar-refractivity contribution in [3.8, 4) is 22.6 Å². The average Bonchev–Trinajstić information content (AvgIpc) is 3.15. The molecular formula is C32H23ClO. The van der Waals surface area contributed by atoms with Crippen LogP contribution in [0.15, 0.2) is 109 Å². The summed E-state index contributed by atoms with van der Waals surface area (Å²) in [5.41, 5.74) is 9.58. The van der Waals surface area contributed by atoms with Gasteiger partial charge in [-0.25, -0.2) is 0 Å². The van der Waals surface area contributed by atoms with Crippen molar-refractivity contribution in [1.82, 2.24) is 0 Å². The molecule has 2 heteroatoms. The van der Waals surface area contributed by atoms with Gasteiger partial charge in [-0.15, -0.1) is 11.6 Å². The molecule has 0 fully saturated rings. The Labute approximate surface area is 205 Å². The predicted molar refractivity (Wildman–Crippen MR) is 140 cm³/mol. The third-order valence-electron chi connectivity index (χ3n) is 7.50. The Balaban J connectivity index is 1.53. The van der Waals surface area contributed by atoms with E-state index in [4.69, 9.17) is 16.3 Å². The van der Waals surface area contributed by atoms with Gasteiger partial charge in [-0.2, -0.15) is 0 Å². The number of allylic oxidation sites excluding steroid dienone is 4. The maximum absolute atomic E-state index is 6.68. The monoisotopic (exact) mass is 458 g/mol. The first-order valence-corrected chi connectivity index (χ1v) is 12.1. The van der Waals surface area contributed by atoms with E-state index in [1.807, 2.05) is 0 Å². The fourth-order valence-corrected chi connectivity index (χ4v) is 6.33. The van der Waals surface area contributed by atoms with Crippen molar-refractivity contribution in [2.75, 3.05) is 0 Å². The minimum absolute atomic E-state index is 0.363. The molecule has 1 heterocycles. The van der Waals surface area contributed by atoms with Crippen LogP contribution in [0.25, 0.3) is 16.7 Å². The summed E-state index contributed by atoms with van der Waals surface area (Å²) >= 11 is 6.68. The largest absolute Gasteiger partial charge is 0.457 e. The molecule has 4 aromatic rings. The zero-order valence-corrected chi connectivity index (χ0v) is 19.6. The van der Waals surface area contributed by atoms with E-state index in [0.29, 0.717) is 0 Å². The number of fused-ring (bicyclic) bond motifs is 9. The van der Waals surface area contributed by atoms with Gasteiger partial charge in [0, 0.05) is 11.1 Å². The van der Waals surface area contributed by atoms with Crippen LogP contribution in [-0.4, -0.2) is 4.87 Å². The molecule has 7 rings (SSSR count). The van der Waals surface area contributed by atoms with E-state index < -0.39 is 5.41 Å². The van der Waals surface area contributed by atoms with Crippen LogP contribution in [0.1, 0.15) is 41.2 Å². The van der Waals surface area contributed by atoms with Gasteiger partial charge in [0.25, 0.3) is 0 Å². The number of halogens is 1. The Morgan fingerprint density at radius 2 is 1.32 bits per heavy atom. The van der Waals surface area contributed by atoms with Crippen LogP contribution in [0, 0.1) is 0 Å². The Morgan fingerprint density at radius 1 is 0.706 bits per heavy atom. The number of para-hydroxylation sites is 1. The number of ether oxygens (including phenoxy) is 1. The van der Waals surface area contributed by atoms with E-state index >= 15 is 0 Å². The summed E-state index contributed by atoms with van der Waals surface area (Å²) in [6, 6.07) is 32.8. The lowest BCUT2D eigenvalue weighted by atomic mass is 9.66. The summed E-state index contributed by atoms with van der Waals surface area (Å²) in [4.78, 5) is -0.363. The standard InChI is InChI=1S/C32H23ClO/c1-31(33)18-8-9-22(20-31)21-16-17-28-30(19-21)34-29-15-7-6-14-27(29)32(28)25-12-4-2-10-23(25)24-11-3-5-13-26(24)32/h2-19H,20H2,1H3. The van der Waals surface area contributed by atoms with E-state index in [2.05, 4.69) is 116 Å². The van der Waals surface area contributed by atoms with Crippen LogP contribution in [0.2, 0.25) is 0 Å². The van der Waals surface area contributed by atoms with E-state index in [-0.39, 0.29) is 4.87 Å². The number of hydrogen-bond donors (Lipinski definition) is 0. The lowest BCUT2D eigenvalue weighted by Gasteiger charge is -2.39. The third-order valence-corrected chi connectivity index (χ3v) is 7.76. The quantitative estimate of drug-likeness (QED) is 0.224. The van der Waals surface area contributed by atoms with Crippen LogP contribution in [-0.2, 0) is 5.41 Å². The SMILES string of the molecule is CC1(Cl)C=CC=C(c2ccc3c(c2)Oc2ccccc2C32c3ccccc3-c3ccccc32)C1. The Kier molecular flexibility index (Phi) is 4.08. The van der Waals surface area contributed by atoms with Gasteiger partial charge in [-0.1, -0.05) is 97.1 Å². The lowest BCUT2D eigenvalue weighted by Crippen LogP contribution is -2.32. The Bertz CT molecular complexity index is 1490. The molecule has 0 radical (unpaired) electrons. The van der Waals surface area contributed by atoms with Crippen LogP contribution in [0.3, 0.4) is 0 Å². The summed E-state index contributed by atoms with van der Waals surface area (Å²) < 4.78 is 6.60. The van der Waals surface area contributed by atoms with Crippen LogP contribution >= 0.6 is 11.6 Å². The first-order valence-electron chi connectivity index (χ1n) is 11.8. The second kappa shape index (κ2) is 6.98. The topological polar surface area (TPSA) is 9.23 Å². The zero-order chi connectivity index (χ0) is 22.9. The molecule has 2 aliphatic carbocycles. The van der Waals surface area contributed by atoms with Crippen molar-refractivity contribution in [2.24, 2.45) is 0 Å². The molecule has 34 heavy (non-hydrogen) atoms. The van der Waals surface area contributed by atoms with Gasteiger partial charge in [0.2, 0.25) is 0 Å². The molecule has 3 aliphatic rings. The van der Waals surface area contributed by atoms with E-state index in [0.717, 1.165) is 23.5 Å². The molecular weight excluding hydrogens is 436 g/mol. The molecule has 1 unspecified atom stereocenters. The van der Waals surface area contributed by atoms with Crippen molar-refractivity contribution >= 4 is 17.2 Å². The number of benzene rings is 4. The highest BCUT2D eigenvalue weighted by Gasteiger charge is 2.50. The van der Waals surface area contributed by atoms with Crippen LogP contribution < -0.4 is 4.74 Å². The van der Waals surface area contributed by atoms with Crippen LogP contribution in [0.5, 0.6) is 11.5 Å². The van der Waals surface area contributed by atoms with Gasteiger partial charge in [0.15, 0.2) is 0 Å². The molecule has 1 atom stereocenters. The normalized spacial score (nSPS) is 20.6. The van der Waals surface area contributed by atoms with Gasteiger partial charge in [-0.3, -0.25) is 0 Å². The number of rotatable bonds is 1. The van der Waals surface area contributed by atoms with Crippen molar-refractivity contribution in [3.63, 3.8) is 0 Å². The molecule has 0 saturated heterocycles. The van der Waals surface area contributed by atoms with Crippen molar-refractivity contribution in [2.45, 2.75) is 23.6 Å². The summed E-state index contributed by atoms with van der Waals surface area (Å²) in [7, 11) is 0. The van der Waals surface area contributed by atoms with E-state index in [1.165, 1.54) is 39.0 Å². The first kappa shape index (κ1) is 19.9.